The van der Waals surface area contributed by atoms with Crippen LogP contribution in [0.1, 0.15) is 13.3 Å². The Bertz CT molecular complexity index is 455. The molecule has 1 aromatic rings. The summed E-state index contributed by atoms with van der Waals surface area (Å²) in [6.07, 6.45) is 0.870. The van der Waals surface area contributed by atoms with Crippen LogP contribution < -0.4 is 10.1 Å². The minimum atomic E-state index is -0.301. The van der Waals surface area contributed by atoms with Gasteiger partial charge in [-0.25, -0.2) is 4.39 Å². The quantitative estimate of drug-likeness (QED) is 0.892. The van der Waals surface area contributed by atoms with Gasteiger partial charge in [0, 0.05) is 13.6 Å². The molecule has 0 aromatic heterocycles. The van der Waals surface area contributed by atoms with Crippen molar-refractivity contribution >= 4 is 5.91 Å². The molecule has 4 nitrogen and oxygen atoms in total. The number of nitrogens with one attached hydrogen (secondary N) is 1. The molecule has 1 aliphatic rings. The van der Waals surface area contributed by atoms with Crippen molar-refractivity contribution in [1.29, 1.82) is 0 Å². The van der Waals surface area contributed by atoms with Crippen molar-refractivity contribution in [3.63, 3.8) is 0 Å². The molecule has 0 bridgehead atoms. The van der Waals surface area contributed by atoms with Gasteiger partial charge in [-0.05, 0) is 44.2 Å². The molecule has 0 aliphatic carbocycles. The number of hydrogen-bond acceptors (Lipinski definition) is 3. The Labute approximate surface area is 118 Å². The van der Waals surface area contributed by atoms with Gasteiger partial charge in [0.2, 0.25) is 5.91 Å². The highest BCUT2D eigenvalue weighted by atomic mass is 19.1. The van der Waals surface area contributed by atoms with E-state index in [0.29, 0.717) is 18.9 Å². The average molecular weight is 280 g/mol. The molecule has 1 aliphatic heterocycles. The number of rotatable bonds is 5. The summed E-state index contributed by atoms with van der Waals surface area (Å²) >= 11 is 0. The van der Waals surface area contributed by atoms with Crippen LogP contribution in [0.4, 0.5) is 4.39 Å². The number of nitrogens with zero attached hydrogens (tertiary/aromatic N) is 1. The minimum absolute atomic E-state index is 0.144. The van der Waals surface area contributed by atoms with Gasteiger partial charge in [0.15, 0.2) is 0 Å². The molecule has 0 spiro atoms. The number of halogens is 1. The summed E-state index contributed by atoms with van der Waals surface area (Å²) in [4.78, 5) is 14.0. The molecule has 2 rings (SSSR count). The second-order valence-corrected chi connectivity index (χ2v) is 5.52. The fourth-order valence-electron chi connectivity index (χ4n) is 2.39. The summed E-state index contributed by atoms with van der Waals surface area (Å²) in [5, 5.41) is 3.22. The summed E-state index contributed by atoms with van der Waals surface area (Å²) in [5.41, 5.74) is -0.301. The van der Waals surface area contributed by atoms with Crippen molar-refractivity contribution < 1.29 is 13.9 Å². The van der Waals surface area contributed by atoms with E-state index in [4.69, 9.17) is 4.74 Å². The Morgan fingerprint density at radius 2 is 2.15 bits per heavy atom. The molecule has 0 radical (unpaired) electrons. The lowest BCUT2D eigenvalue weighted by Gasteiger charge is -2.28. The Hall–Kier alpha value is -1.62. The van der Waals surface area contributed by atoms with Crippen LogP contribution in [-0.2, 0) is 4.79 Å². The predicted octanol–water partition coefficient (Wildman–Crippen LogP) is 1.66. The highest BCUT2D eigenvalue weighted by Crippen LogP contribution is 2.26. The lowest BCUT2D eigenvalue weighted by atomic mass is 9.88. The number of amides is 1. The maximum absolute atomic E-state index is 12.7. The molecular formula is C15H21FN2O2. The molecule has 1 amide bonds. The van der Waals surface area contributed by atoms with Gasteiger partial charge >= 0.3 is 0 Å². The van der Waals surface area contributed by atoms with Crippen molar-refractivity contribution in [2.24, 2.45) is 5.41 Å². The predicted molar refractivity (Wildman–Crippen MR) is 75.1 cm³/mol. The second-order valence-electron chi connectivity index (χ2n) is 5.52. The number of benzene rings is 1. The highest BCUT2D eigenvalue weighted by molar-refractivity contribution is 5.82. The van der Waals surface area contributed by atoms with E-state index in [-0.39, 0.29) is 17.1 Å². The monoisotopic (exact) mass is 280 g/mol. The van der Waals surface area contributed by atoms with E-state index in [1.807, 2.05) is 6.92 Å². The molecule has 1 heterocycles. The average Bonchev–Trinajstić information content (AvgIpc) is 2.88. The molecule has 1 unspecified atom stereocenters. The van der Waals surface area contributed by atoms with Crippen LogP contribution in [0, 0.1) is 11.2 Å². The summed E-state index contributed by atoms with van der Waals surface area (Å²) in [7, 11) is 1.79. The normalized spacial score (nSPS) is 21.8. The van der Waals surface area contributed by atoms with Crippen LogP contribution in [-0.4, -0.2) is 44.1 Å². The third-order valence-electron chi connectivity index (χ3n) is 3.74. The summed E-state index contributed by atoms with van der Waals surface area (Å²) in [6.45, 7) is 4.53. The highest BCUT2D eigenvalue weighted by Gasteiger charge is 2.37. The Kier molecular flexibility index (Phi) is 4.60. The molecule has 110 valence electrons. The van der Waals surface area contributed by atoms with Crippen LogP contribution in [0.3, 0.4) is 0 Å². The van der Waals surface area contributed by atoms with Crippen molar-refractivity contribution in [1.82, 2.24) is 10.2 Å². The van der Waals surface area contributed by atoms with E-state index in [9.17, 15) is 9.18 Å². The van der Waals surface area contributed by atoms with Crippen LogP contribution in [0.5, 0.6) is 5.75 Å². The van der Waals surface area contributed by atoms with Crippen molar-refractivity contribution in [3.8, 4) is 5.75 Å². The zero-order valence-electron chi connectivity index (χ0n) is 12.0. The van der Waals surface area contributed by atoms with Crippen molar-refractivity contribution in [2.45, 2.75) is 13.3 Å². The summed E-state index contributed by atoms with van der Waals surface area (Å²) < 4.78 is 18.2. The molecule has 1 saturated heterocycles. The molecule has 1 N–H and O–H groups in total. The van der Waals surface area contributed by atoms with Gasteiger partial charge < -0.3 is 15.0 Å². The van der Waals surface area contributed by atoms with E-state index in [1.54, 1.807) is 24.1 Å². The van der Waals surface area contributed by atoms with Gasteiger partial charge in [-0.3, -0.25) is 4.79 Å². The van der Waals surface area contributed by atoms with Crippen molar-refractivity contribution in [3.05, 3.63) is 30.1 Å². The fourth-order valence-corrected chi connectivity index (χ4v) is 2.39. The Morgan fingerprint density at radius 1 is 1.45 bits per heavy atom. The van der Waals surface area contributed by atoms with Gasteiger partial charge in [0.1, 0.15) is 18.2 Å². The topological polar surface area (TPSA) is 41.6 Å². The zero-order valence-corrected chi connectivity index (χ0v) is 12.0. The first-order chi connectivity index (χ1) is 9.51. The van der Waals surface area contributed by atoms with E-state index >= 15 is 0 Å². The Morgan fingerprint density at radius 3 is 2.75 bits per heavy atom. The third-order valence-corrected chi connectivity index (χ3v) is 3.74. The number of ether oxygens (including phenoxy) is 1. The third kappa shape index (κ3) is 3.48. The fraction of sp³-hybridized carbons (Fsp3) is 0.533. The first kappa shape index (κ1) is 14.8. The molecule has 1 fully saturated rings. The largest absolute Gasteiger partial charge is 0.492 e. The maximum atomic E-state index is 12.7. The lowest BCUT2D eigenvalue weighted by Crippen LogP contribution is -2.43. The van der Waals surface area contributed by atoms with E-state index in [1.165, 1.54) is 12.1 Å². The van der Waals surface area contributed by atoms with Crippen LogP contribution in [0.25, 0.3) is 0 Å². The number of likely N-dealkylation sites (N-methyl/N-ethyl adjacent to an activating group) is 1. The zero-order chi connectivity index (χ0) is 14.6. The van der Waals surface area contributed by atoms with Gasteiger partial charge in [-0.15, -0.1) is 0 Å². The molecule has 0 saturated carbocycles. The molecule has 1 aromatic carbocycles. The first-order valence-electron chi connectivity index (χ1n) is 6.86. The van der Waals surface area contributed by atoms with Gasteiger partial charge in [0.25, 0.3) is 0 Å². The van der Waals surface area contributed by atoms with E-state index in [0.717, 1.165) is 19.5 Å². The number of carbonyl (C=O) groups is 1. The minimum Gasteiger partial charge on any atom is -0.492 e. The van der Waals surface area contributed by atoms with Crippen LogP contribution in [0.2, 0.25) is 0 Å². The standard InChI is InChI=1S/C15H21FN2O2/c1-15(7-8-17-11-15)14(19)18(2)9-10-20-13-5-3-12(16)4-6-13/h3-6,17H,7-11H2,1-2H3. The first-order valence-corrected chi connectivity index (χ1v) is 6.86. The molecule has 1 atom stereocenters. The van der Waals surface area contributed by atoms with Crippen molar-refractivity contribution in [2.75, 3.05) is 33.3 Å². The smallest absolute Gasteiger partial charge is 0.229 e. The number of carbonyl (C=O) groups excluding carboxylic acids is 1. The van der Waals surface area contributed by atoms with Gasteiger partial charge in [-0.1, -0.05) is 0 Å². The lowest BCUT2D eigenvalue weighted by molar-refractivity contribution is -0.139. The van der Waals surface area contributed by atoms with E-state index < -0.39 is 0 Å². The molecular weight excluding hydrogens is 259 g/mol. The SMILES string of the molecule is CN(CCOc1ccc(F)cc1)C(=O)C1(C)CCNC1. The van der Waals surface area contributed by atoms with Crippen LogP contribution >= 0.6 is 0 Å². The molecule has 20 heavy (non-hydrogen) atoms. The number of hydrogen-bond donors (Lipinski definition) is 1. The van der Waals surface area contributed by atoms with Gasteiger partial charge in [0.05, 0.1) is 12.0 Å². The summed E-state index contributed by atoms with van der Waals surface area (Å²) in [6, 6.07) is 5.88. The van der Waals surface area contributed by atoms with Crippen LogP contribution in [0.15, 0.2) is 24.3 Å². The maximum Gasteiger partial charge on any atom is 0.229 e. The second kappa shape index (κ2) is 6.22. The molecule has 5 heteroatoms. The van der Waals surface area contributed by atoms with Gasteiger partial charge in [-0.2, -0.15) is 0 Å². The Balaban J connectivity index is 1.78. The summed E-state index contributed by atoms with van der Waals surface area (Å²) in [5.74, 6) is 0.470. The van der Waals surface area contributed by atoms with E-state index in [2.05, 4.69) is 5.32 Å².